The Labute approximate surface area is 191 Å². The van der Waals surface area contributed by atoms with Crippen molar-refractivity contribution in [3.05, 3.63) is 60.7 Å². The molecule has 0 bridgehead atoms. The second kappa shape index (κ2) is 8.33. The summed E-state index contributed by atoms with van der Waals surface area (Å²) in [6.07, 6.45) is -1.93. The Bertz CT molecular complexity index is 874. The van der Waals surface area contributed by atoms with Crippen LogP contribution in [-0.2, 0) is 18.6 Å². The summed E-state index contributed by atoms with van der Waals surface area (Å²) >= 11 is 0. The van der Waals surface area contributed by atoms with E-state index in [1.807, 2.05) is 50.2 Å². The van der Waals surface area contributed by atoms with E-state index in [-0.39, 0.29) is 11.6 Å². The third kappa shape index (κ3) is 3.96. The predicted molar refractivity (Wildman–Crippen MR) is 124 cm³/mol. The number of fused-ring (bicyclic) bond motifs is 1. The van der Waals surface area contributed by atoms with Crippen LogP contribution in [0.4, 0.5) is 0 Å². The van der Waals surface area contributed by atoms with Crippen LogP contribution in [0.1, 0.15) is 34.6 Å². The average Bonchev–Trinajstić information content (AvgIpc) is 3.08. The number of ether oxygens (including phenoxy) is 3. The van der Waals surface area contributed by atoms with Gasteiger partial charge in [-0.05, 0) is 29.3 Å². The maximum absolute atomic E-state index is 11.4. The molecule has 2 heterocycles. The average molecular weight is 459 g/mol. The first-order valence-corrected chi connectivity index (χ1v) is 13.0. The molecule has 2 aromatic carbocycles. The summed E-state index contributed by atoms with van der Waals surface area (Å²) in [5, 5.41) is 23.4. The SMILES string of the molecule is CC1(C)O[C@H]2[C@H](CO[C@@](O)(CO)[C@@H]2O[Si](c2ccccc2)(c2ccccc2)C(C)(C)C)O1. The van der Waals surface area contributed by atoms with Crippen LogP contribution < -0.4 is 10.4 Å². The van der Waals surface area contributed by atoms with E-state index in [4.69, 9.17) is 18.6 Å². The van der Waals surface area contributed by atoms with Crippen molar-refractivity contribution < 1.29 is 28.8 Å². The lowest BCUT2D eigenvalue weighted by Crippen LogP contribution is -2.73. The number of benzene rings is 2. The number of aliphatic hydroxyl groups excluding tert-OH is 1. The fraction of sp³-hybridized carbons (Fsp3) is 0.520. The van der Waals surface area contributed by atoms with Gasteiger partial charge in [0.05, 0.1) is 13.2 Å². The van der Waals surface area contributed by atoms with Gasteiger partial charge in [0.2, 0.25) is 5.79 Å². The molecule has 2 saturated heterocycles. The zero-order chi connectivity index (χ0) is 23.2. The van der Waals surface area contributed by atoms with Gasteiger partial charge < -0.3 is 28.8 Å². The third-order valence-corrected chi connectivity index (χ3v) is 11.4. The quantitative estimate of drug-likeness (QED) is 0.669. The Balaban J connectivity index is 1.90. The first-order chi connectivity index (χ1) is 15.0. The molecule has 0 saturated carbocycles. The molecule has 2 fully saturated rings. The Kier molecular flexibility index (Phi) is 6.13. The second-order valence-electron chi connectivity index (χ2n) is 10.2. The van der Waals surface area contributed by atoms with Gasteiger partial charge >= 0.3 is 0 Å². The van der Waals surface area contributed by atoms with Crippen LogP contribution in [0.5, 0.6) is 0 Å². The predicted octanol–water partition coefficient (Wildman–Crippen LogP) is 2.16. The van der Waals surface area contributed by atoms with E-state index in [0.717, 1.165) is 10.4 Å². The molecular formula is C25H34O6Si. The van der Waals surface area contributed by atoms with Crippen molar-refractivity contribution in [3.63, 3.8) is 0 Å². The van der Waals surface area contributed by atoms with Crippen molar-refractivity contribution >= 4 is 18.7 Å². The molecule has 0 radical (unpaired) electrons. The maximum Gasteiger partial charge on any atom is 0.261 e. The van der Waals surface area contributed by atoms with Gasteiger partial charge in [-0.15, -0.1) is 0 Å². The van der Waals surface area contributed by atoms with E-state index < -0.39 is 44.8 Å². The smallest absolute Gasteiger partial charge is 0.261 e. The summed E-state index contributed by atoms with van der Waals surface area (Å²) < 4.78 is 25.1. The van der Waals surface area contributed by atoms with Gasteiger partial charge in [-0.3, -0.25) is 0 Å². The molecule has 7 heteroatoms. The lowest BCUT2D eigenvalue weighted by molar-refractivity contribution is -0.313. The summed E-state index contributed by atoms with van der Waals surface area (Å²) in [6, 6.07) is 20.3. The van der Waals surface area contributed by atoms with Gasteiger partial charge in [-0.1, -0.05) is 81.4 Å². The van der Waals surface area contributed by atoms with Crippen LogP contribution in [0.25, 0.3) is 0 Å². The molecule has 0 aliphatic carbocycles. The topological polar surface area (TPSA) is 77.4 Å². The summed E-state index contributed by atoms with van der Waals surface area (Å²) in [5.74, 6) is -2.75. The lowest BCUT2D eigenvalue weighted by atomic mass is 9.97. The molecule has 2 N–H and O–H groups in total. The second-order valence-corrected chi connectivity index (χ2v) is 14.4. The minimum atomic E-state index is -3.03. The van der Waals surface area contributed by atoms with Gasteiger partial charge in [0, 0.05) is 0 Å². The first kappa shape index (κ1) is 23.6. The number of hydrogen-bond acceptors (Lipinski definition) is 6. The largest absolute Gasteiger partial charge is 0.396 e. The van der Waals surface area contributed by atoms with Crippen LogP contribution in [0.2, 0.25) is 5.04 Å². The number of aliphatic hydroxyl groups is 2. The molecular weight excluding hydrogens is 424 g/mol. The van der Waals surface area contributed by atoms with Crippen molar-refractivity contribution in [1.29, 1.82) is 0 Å². The molecule has 2 aliphatic rings. The lowest BCUT2D eigenvalue weighted by Gasteiger charge is -2.50. The monoisotopic (exact) mass is 458 g/mol. The zero-order valence-electron chi connectivity index (χ0n) is 19.4. The zero-order valence-corrected chi connectivity index (χ0v) is 20.4. The van der Waals surface area contributed by atoms with Crippen LogP contribution in [-0.4, -0.2) is 61.6 Å². The van der Waals surface area contributed by atoms with E-state index in [0.29, 0.717) is 0 Å². The fourth-order valence-corrected chi connectivity index (χ4v) is 9.70. The van der Waals surface area contributed by atoms with Crippen molar-refractivity contribution in [2.24, 2.45) is 0 Å². The van der Waals surface area contributed by atoms with Gasteiger partial charge in [0.1, 0.15) is 18.3 Å². The molecule has 6 nitrogen and oxygen atoms in total. The Hall–Kier alpha value is -1.58. The van der Waals surface area contributed by atoms with E-state index in [1.54, 1.807) is 0 Å². The van der Waals surface area contributed by atoms with E-state index in [1.165, 1.54) is 0 Å². The molecule has 0 amide bonds. The molecule has 32 heavy (non-hydrogen) atoms. The Morgan fingerprint density at radius 1 is 0.969 bits per heavy atom. The van der Waals surface area contributed by atoms with Gasteiger partial charge in [-0.2, -0.15) is 0 Å². The summed E-state index contributed by atoms with van der Waals surface area (Å²) in [4.78, 5) is 0. The first-order valence-electron chi connectivity index (χ1n) is 11.1. The number of rotatable bonds is 5. The fourth-order valence-electron chi connectivity index (χ4n) is 4.99. The molecule has 4 atom stereocenters. The van der Waals surface area contributed by atoms with Crippen molar-refractivity contribution in [2.75, 3.05) is 13.2 Å². The summed E-state index contributed by atoms with van der Waals surface area (Å²) in [6.45, 7) is 9.66. The minimum Gasteiger partial charge on any atom is -0.396 e. The third-order valence-electron chi connectivity index (χ3n) is 6.41. The van der Waals surface area contributed by atoms with E-state index in [2.05, 4.69) is 45.0 Å². The Morgan fingerprint density at radius 2 is 1.50 bits per heavy atom. The minimum absolute atomic E-state index is 0.117. The highest BCUT2D eigenvalue weighted by molar-refractivity contribution is 6.99. The van der Waals surface area contributed by atoms with Crippen molar-refractivity contribution in [3.8, 4) is 0 Å². The van der Waals surface area contributed by atoms with Gasteiger partial charge in [0.15, 0.2) is 5.79 Å². The normalized spacial score (nSPS) is 30.2. The van der Waals surface area contributed by atoms with Gasteiger partial charge in [0.25, 0.3) is 8.32 Å². The number of hydrogen-bond donors (Lipinski definition) is 2. The van der Waals surface area contributed by atoms with Crippen molar-refractivity contribution in [2.45, 2.75) is 69.5 Å². The standard InChI is InChI=1S/C25H34O6Si/c1-23(2,3)32(18-12-8-6-9-13-18,19-14-10-7-11-15-19)31-22-21-20(29-24(4,5)30-21)16-28-25(22,27)17-26/h6-15,20-22,26-27H,16-17H2,1-5H3/t20-,21-,22+,25-/m0/s1. The molecule has 0 unspecified atom stereocenters. The van der Waals surface area contributed by atoms with Gasteiger partial charge in [-0.25, -0.2) is 0 Å². The van der Waals surface area contributed by atoms with Crippen LogP contribution in [0.15, 0.2) is 60.7 Å². The van der Waals surface area contributed by atoms with Crippen LogP contribution in [0, 0.1) is 0 Å². The van der Waals surface area contributed by atoms with Crippen molar-refractivity contribution in [1.82, 2.24) is 0 Å². The molecule has 2 aromatic rings. The maximum atomic E-state index is 11.4. The molecule has 4 rings (SSSR count). The summed E-state index contributed by atoms with van der Waals surface area (Å²) in [5.41, 5.74) is 0. The van der Waals surface area contributed by atoms with Crippen LogP contribution in [0.3, 0.4) is 0 Å². The Morgan fingerprint density at radius 3 is 1.97 bits per heavy atom. The van der Waals surface area contributed by atoms with Crippen LogP contribution >= 0.6 is 0 Å². The van der Waals surface area contributed by atoms with E-state index >= 15 is 0 Å². The highest BCUT2D eigenvalue weighted by atomic mass is 28.4. The highest BCUT2D eigenvalue weighted by Crippen LogP contribution is 2.44. The molecule has 2 aliphatic heterocycles. The highest BCUT2D eigenvalue weighted by Gasteiger charge is 2.62. The van der Waals surface area contributed by atoms with E-state index in [9.17, 15) is 10.2 Å². The molecule has 174 valence electrons. The summed E-state index contributed by atoms with van der Waals surface area (Å²) in [7, 11) is -3.03. The molecule has 0 aromatic heterocycles. The molecule has 0 spiro atoms.